The minimum atomic E-state index is -0.565. The summed E-state index contributed by atoms with van der Waals surface area (Å²) in [6.07, 6.45) is 0. The molecule has 0 radical (unpaired) electrons. The number of ether oxygens (including phenoxy) is 1. The number of nitrogens with two attached hydrogens (primary N) is 1. The zero-order chi connectivity index (χ0) is 20.0. The highest BCUT2D eigenvalue weighted by Gasteiger charge is 2.26. The highest BCUT2D eigenvalue weighted by atomic mass is 79.9. The SMILES string of the molecule is CCOC(=O)c1sc2c(F)ccc(Br)c2c1-c1nc2cc(C(N)=O)ccc2[nH]1. The van der Waals surface area contributed by atoms with Crippen molar-refractivity contribution in [2.75, 3.05) is 6.61 Å². The number of thiophene rings is 1. The van der Waals surface area contributed by atoms with Crippen molar-refractivity contribution in [2.45, 2.75) is 6.92 Å². The molecule has 0 spiro atoms. The molecule has 1 amide bonds. The molecule has 0 bridgehead atoms. The summed E-state index contributed by atoms with van der Waals surface area (Å²) in [4.78, 5) is 31.9. The number of nitrogens with zero attached hydrogens (tertiary/aromatic N) is 1. The molecule has 2 aromatic heterocycles. The summed E-state index contributed by atoms with van der Waals surface area (Å²) in [6, 6.07) is 7.74. The number of carbonyl (C=O) groups is 2. The first-order chi connectivity index (χ1) is 13.4. The Labute approximate surface area is 170 Å². The van der Waals surface area contributed by atoms with Gasteiger partial charge in [0.1, 0.15) is 16.5 Å². The molecule has 3 N–H and O–H groups in total. The van der Waals surface area contributed by atoms with Gasteiger partial charge < -0.3 is 15.5 Å². The molecule has 28 heavy (non-hydrogen) atoms. The van der Waals surface area contributed by atoms with Crippen LogP contribution in [0, 0.1) is 5.82 Å². The number of hydrogen-bond acceptors (Lipinski definition) is 5. The van der Waals surface area contributed by atoms with Crippen LogP contribution in [-0.2, 0) is 4.74 Å². The molecule has 0 fully saturated rings. The van der Waals surface area contributed by atoms with E-state index >= 15 is 0 Å². The lowest BCUT2D eigenvalue weighted by Crippen LogP contribution is -2.10. The molecule has 0 aliphatic rings. The highest BCUT2D eigenvalue weighted by molar-refractivity contribution is 9.10. The van der Waals surface area contributed by atoms with Gasteiger partial charge in [-0.05, 0) is 37.3 Å². The molecule has 4 rings (SSSR count). The molecule has 0 saturated heterocycles. The molecule has 0 aliphatic heterocycles. The number of imidazole rings is 1. The van der Waals surface area contributed by atoms with E-state index in [0.29, 0.717) is 42.5 Å². The number of esters is 1. The fourth-order valence-electron chi connectivity index (χ4n) is 2.98. The normalized spacial score (nSPS) is 11.2. The number of fused-ring (bicyclic) bond motifs is 2. The average molecular weight is 462 g/mol. The van der Waals surface area contributed by atoms with Crippen molar-refractivity contribution >= 4 is 60.3 Å². The van der Waals surface area contributed by atoms with Crippen molar-refractivity contribution < 1.29 is 18.7 Å². The zero-order valence-corrected chi connectivity index (χ0v) is 16.9. The fraction of sp³-hybridized carbons (Fsp3) is 0.105. The number of primary amides is 1. The maximum absolute atomic E-state index is 14.4. The monoisotopic (exact) mass is 461 g/mol. The second kappa shape index (κ2) is 6.99. The topological polar surface area (TPSA) is 98.1 Å². The van der Waals surface area contributed by atoms with Gasteiger partial charge in [0.15, 0.2) is 0 Å². The molecule has 4 aromatic rings. The van der Waals surface area contributed by atoms with Crippen LogP contribution in [0.5, 0.6) is 0 Å². The Hall–Kier alpha value is -2.78. The molecule has 0 aliphatic carbocycles. The van der Waals surface area contributed by atoms with Crippen LogP contribution in [0.4, 0.5) is 4.39 Å². The summed E-state index contributed by atoms with van der Waals surface area (Å²) in [5.41, 5.74) is 7.26. The first kappa shape index (κ1) is 18.6. The first-order valence-electron chi connectivity index (χ1n) is 8.28. The van der Waals surface area contributed by atoms with E-state index in [2.05, 4.69) is 25.9 Å². The standard InChI is InChI=1S/C19H13BrFN3O3S/c1-2-27-19(26)16-14(13-9(20)4-5-10(21)15(13)28-16)18-23-11-6-3-8(17(22)25)7-12(11)24-18/h3-7H,2H2,1H3,(H2,22,25)(H,23,24). The van der Waals surface area contributed by atoms with Crippen molar-refractivity contribution in [1.82, 2.24) is 9.97 Å². The van der Waals surface area contributed by atoms with E-state index in [9.17, 15) is 14.0 Å². The zero-order valence-electron chi connectivity index (χ0n) is 14.5. The number of aromatic nitrogens is 2. The molecule has 9 heteroatoms. The molecule has 142 valence electrons. The number of benzene rings is 2. The first-order valence-corrected chi connectivity index (χ1v) is 9.89. The summed E-state index contributed by atoms with van der Waals surface area (Å²) in [5.74, 6) is -1.18. The van der Waals surface area contributed by atoms with E-state index in [1.54, 1.807) is 31.2 Å². The predicted octanol–water partition coefficient (Wildman–Crippen LogP) is 4.62. The van der Waals surface area contributed by atoms with Gasteiger partial charge in [0.2, 0.25) is 5.91 Å². The average Bonchev–Trinajstić information content (AvgIpc) is 3.26. The maximum atomic E-state index is 14.4. The molecular formula is C19H13BrFN3O3S. The van der Waals surface area contributed by atoms with Crippen LogP contribution in [0.2, 0.25) is 0 Å². The van der Waals surface area contributed by atoms with E-state index in [4.69, 9.17) is 10.5 Å². The second-order valence-electron chi connectivity index (χ2n) is 5.94. The Morgan fingerprint density at radius 1 is 1.32 bits per heavy atom. The van der Waals surface area contributed by atoms with Crippen LogP contribution < -0.4 is 5.73 Å². The van der Waals surface area contributed by atoms with Crippen molar-refractivity contribution in [1.29, 1.82) is 0 Å². The Morgan fingerprint density at radius 2 is 2.11 bits per heavy atom. The van der Waals surface area contributed by atoms with Crippen LogP contribution in [-0.4, -0.2) is 28.5 Å². The Balaban J connectivity index is 2.02. The largest absolute Gasteiger partial charge is 0.462 e. The van der Waals surface area contributed by atoms with Gasteiger partial charge >= 0.3 is 5.97 Å². The van der Waals surface area contributed by atoms with Gasteiger partial charge in [-0.1, -0.05) is 15.9 Å². The van der Waals surface area contributed by atoms with Gasteiger partial charge in [-0.25, -0.2) is 14.2 Å². The lowest BCUT2D eigenvalue weighted by Gasteiger charge is -2.03. The third kappa shape index (κ3) is 2.96. The second-order valence-corrected chi connectivity index (χ2v) is 7.82. The summed E-state index contributed by atoms with van der Waals surface area (Å²) < 4.78 is 20.5. The third-order valence-corrected chi connectivity index (χ3v) is 6.04. The smallest absolute Gasteiger partial charge is 0.349 e. The number of carbonyl (C=O) groups excluding carboxylic acids is 2. The lowest BCUT2D eigenvalue weighted by atomic mass is 10.1. The predicted molar refractivity (Wildman–Crippen MR) is 109 cm³/mol. The Morgan fingerprint density at radius 3 is 2.82 bits per heavy atom. The number of amides is 1. The van der Waals surface area contributed by atoms with Crippen LogP contribution in [0.25, 0.3) is 32.5 Å². The molecule has 2 aromatic carbocycles. The lowest BCUT2D eigenvalue weighted by molar-refractivity contribution is 0.0532. The Kier molecular flexibility index (Phi) is 4.64. The molecule has 0 atom stereocenters. The molecule has 6 nitrogen and oxygen atoms in total. The fourth-order valence-corrected chi connectivity index (χ4v) is 4.76. The van der Waals surface area contributed by atoms with Gasteiger partial charge in [-0.3, -0.25) is 4.79 Å². The number of rotatable bonds is 4. The van der Waals surface area contributed by atoms with E-state index in [1.807, 2.05) is 0 Å². The molecule has 0 unspecified atom stereocenters. The van der Waals surface area contributed by atoms with E-state index < -0.39 is 17.7 Å². The number of hydrogen-bond donors (Lipinski definition) is 2. The summed E-state index contributed by atoms with van der Waals surface area (Å²) in [5, 5.41) is 0.530. The minimum Gasteiger partial charge on any atom is -0.462 e. The summed E-state index contributed by atoms with van der Waals surface area (Å²) in [7, 11) is 0. The van der Waals surface area contributed by atoms with Crippen molar-refractivity contribution in [2.24, 2.45) is 5.73 Å². The number of halogens is 2. The van der Waals surface area contributed by atoms with E-state index in [-0.39, 0.29) is 11.5 Å². The summed E-state index contributed by atoms with van der Waals surface area (Å²) in [6.45, 7) is 1.90. The van der Waals surface area contributed by atoms with Crippen molar-refractivity contribution in [3.8, 4) is 11.4 Å². The Bertz CT molecular complexity index is 1260. The van der Waals surface area contributed by atoms with Gasteiger partial charge in [0.05, 0.1) is 27.9 Å². The minimum absolute atomic E-state index is 0.193. The van der Waals surface area contributed by atoms with Gasteiger partial charge in [-0.15, -0.1) is 11.3 Å². The van der Waals surface area contributed by atoms with Gasteiger partial charge in [-0.2, -0.15) is 0 Å². The highest BCUT2D eigenvalue weighted by Crippen LogP contribution is 2.43. The van der Waals surface area contributed by atoms with Crippen molar-refractivity contribution in [3.63, 3.8) is 0 Å². The summed E-state index contributed by atoms with van der Waals surface area (Å²) >= 11 is 4.45. The van der Waals surface area contributed by atoms with Crippen molar-refractivity contribution in [3.05, 3.63) is 51.1 Å². The van der Waals surface area contributed by atoms with Crippen LogP contribution in [0.15, 0.2) is 34.8 Å². The number of H-pyrrole nitrogens is 1. The van der Waals surface area contributed by atoms with Gasteiger partial charge in [0, 0.05) is 15.4 Å². The molecule has 2 heterocycles. The van der Waals surface area contributed by atoms with Gasteiger partial charge in [0.25, 0.3) is 0 Å². The van der Waals surface area contributed by atoms with E-state index in [0.717, 1.165) is 11.3 Å². The molecular weight excluding hydrogens is 449 g/mol. The maximum Gasteiger partial charge on any atom is 0.349 e. The van der Waals surface area contributed by atoms with Crippen LogP contribution in [0.1, 0.15) is 27.0 Å². The number of aromatic amines is 1. The van der Waals surface area contributed by atoms with Crippen LogP contribution >= 0.6 is 27.3 Å². The quantitative estimate of drug-likeness (QED) is 0.433. The number of nitrogens with one attached hydrogen (secondary N) is 1. The molecule has 0 saturated carbocycles. The third-order valence-electron chi connectivity index (χ3n) is 4.21. The van der Waals surface area contributed by atoms with E-state index in [1.165, 1.54) is 6.07 Å². The van der Waals surface area contributed by atoms with Crippen LogP contribution in [0.3, 0.4) is 0 Å².